The highest BCUT2D eigenvalue weighted by Crippen LogP contribution is 2.34. The first kappa shape index (κ1) is 19.9. The molecule has 0 saturated carbocycles. The number of aldehydes is 1. The lowest BCUT2D eigenvalue weighted by atomic mass is 9.77. The number of nitrogens with zero attached hydrogens (tertiary/aromatic N) is 1. The maximum atomic E-state index is 12.2. The molecule has 0 atom stereocenters. The van der Waals surface area contributed by atoms with Gasteiger partial charge in [0.15, 0.2) is 0 Å². The van der Waals surface area contributed by atoms with Crippen molar-refractivity contribution in [3.8, 4) is 0 Å². The normalized spacial score (nSPS) is 16.7. The maximum absolute atomic E-state index is 12.2. The summed E-state index contributed by atoms with van der Waals surface area (Å²) in [6, 6.07) is 9.46. The number of carbonyl (C=O) groups is 3. The molecule has 0 N–H and O–H groups in total. The first-order valence-electron chi connectivity index (χ1n) is 8.87. The summed E-state index contributed by atoms with van der Waals surface area (Å²) in [5.74, 6) is -0.385. The van der Waals surface area contributed by atoms with Gasteiger partial charge in [0, 0.05) is 18.5 Å². The third kappa shape index (κ3) is 5.86. The molecular formula is C20H27NO5. The van der Waals surface area contributed by atoms with Crippen LogP contribution in [0.3, 0.4) is 0 Å². The maximum Gasteiger partial charge on any atom is 0.410 e. The Morgan fingerprint density at radius 2 is 1.77 bits per heavy atom. The number of esters is 1. The first-order valence-corrected chi connectivity index (χ1v) is 8.87. The van der Waals surface area contributed by atoms with E-state index in [4.69, 9.17) is 9.47 Å². The number of hydrogen-bond acceptors (Lipinski definition) is 5. The molecule has 6 nitrogen and oxygen atoms in total. The minimum Gasteiger partial charge on any atom is -0.460 e. The standard InChI is InChI=1S/C20H27NO5/c1-19(2,3)26-17(23)13-20(15-22)9-11-21(12-10-20)18(24)25-14-16-7-5-4-6-8-16/h4-8,15H,9-14H2,1-3H3. The third-order valence-corrected chi connectivity index (χ3v) is 4.39. The van der Waals surface area contributed by atoms with Crippen molar-refractivity contribution < 1.29 is 23.9 Å². The van der Waals surface area contributed by atoms with Gasteiger partial charge >= 0.3 is 12.1 Å². The summed E-state index contributed by atoms with van der Waals surface area (Å²) in [7, 11) is 0. The van der Waals surface area contributed by atoms with Gasteiger partial charge in [0.1, 0.15) is 18.5 Å². The van der Waals surface area contributed by atoms with Crippen LogP contribution in [0.2, 0.25) is 0 Å². The topological polar surface area (TPSA) is 72.9 Å². The van der Waals surface area contributed by atoms with Crippen molar-refractivity contribution in [2.24, 2.45) is 5.41 Å². The molecule has 1 heterocycles. The lowest BCUT2D eigenvalue weighted by Crippen LogP contribution is -2.45. The summed E-state index contributed by atoms with van der Waals surface area (Å²) in [4.78, 5) is 37.5. The Morgan fingerprint density at radius 1 is 1.15 bits per heavy atom. The largest absolute Gasteiger partial charge is 0.460 e. The Bertz CT molecular complexity index is 627. The average molecular weight is 361 g/mol. The van der Waals surface area contributed by atoms with E-state index in [9.17, 15) is 14.4 Å². The second-order valence-corrected chi connectivity index (χ2v) is 7.77. The van der Waals surface area contributed by atoms with Gasteiger partial charge in [-0.2, -0.15) is 0 Å². The van der Waals surface area contributed by atoms with Crippen LogP contribution in [0, 0.1) is 5.41 Å². The Kier molecular flexibility index (Phi) is 6.40. The molecule has 1 aromatic rings. The molecule has 0 aromatic heterocycles. The second-order valence-electron chi connectivity index (χ2n) is 7.77. The molecule has 1 amide bonds. The van der Waals surface area contributed by atoms with Crippen molar-refractivity contribution in [1.29, 1.82) is 0 Å². The van der Waals surface area contributed by atoms with Crippen LogP contribution >= 0.6 is 0 Å². The quantitative estimate of drug-likeness (QED) is 0.594. The Balaban J connectivity index is 1.84. The van der Waals surface area contributed by atoms with Gasteiger partial charge in [-0.1, -0.05) is 30.3 Å². The number of carbonyl (C=O) groups excluding carboxylic acids is 3. The van der Waals surface area contributed by atoms with Gasteiger partial charge in [-0.05, 0) is 39.2 Å². The summed E-state index contributed by atoms with van der Waals surface area (Å²) in [5, 5.41) is 0. The monoisotopic (exact) mass is 361 g/mol. The Hall–Kier alpha value is -2.37. The van der Waals surface area contributed by atoms with Crippen LogP contribution in [0.1, 0.15) is 45.6 Å². The van der Waals surface area contributed by atoms with Crippen LogP contribution in [0.4, 0.5) is 4.79 Å². The van der Waals surface area contributed by atoms with E-state index in [-0.39, 0.29) is 19.0 Å². The number of likely N-dealkylation sites (tertiary alicyclic amines) is 1. The van der Waals surface area contributed by atoms with Gasteiger partial charge in [0.2, 0.25) is 0 Å². The minimum absolute atomic E-state index is 0.0423. The van der Waals surface area contributed by atoms with Crippen molar-refractivity contribution in [1.82, 2.24) is 4.90 Å². The number of rotatable bonds is 5. The third-order valence-electron chi connectivity index (χ3n) is 4.39. The molecule has 142 valence electrons. The summed E-state index contributed by atoms with van der Waals surface area (Å²) < 4.78 is 10.6. The molecule has 0 radical (unpaired) electrons. The molecule has 0 spiro atoms. The molecule has 0 aliphatic carbocycles. The first-order chi connectivity index (χ1) is 12.2. The smallest absolute Gasteiger partial charge is 0.410 e. The SMILES string of the molecule is CC(C)(C)OC(=O)CC1(C=O)CCN(C(=O)OCc2ccccc2)CC1. The molecular weight excluding hydrogens is 334 g/mol. The van der Waals surface area contributed by atoms with Crippen molar-refractivity contribution in [3.05, 3.63) is 35.9 Å². The van der Waals surface area contributed by atoms with Crippen LogP contribution in [0.15, 0.2) is 30.3 Å². The van der Waals surface area contributed by atoms with E-state index >= 15 is 0 Å². The summed E-state index contributed by atoms with van der Waals surface area (Å²) in [5.41, 5.74) is -0.424. The molecule has 1 aliphatic heterocycles. The van der Waals surface area contributed by atoms with Crippen molar-refractivity contribution in [3.63, 3.8) is 0 Å². The fourth-order valence-corrected chi connectivity index (χ4v) is 2.95. The summed E-state index contributed by atoms with van der Waals surface area (Å²) in [6.45, 7) is 6.37. The molecule has 1 saturated heterocycles. The number of hydrogen-bond donors (Lipinski definition) is 0. The number of benzene rings is 1. The molecule has 26 heavy (non-hydrogen) atoms. The van der Waals surface area contributed by atoms with Crippen LogP contribution in [-0.4, -0.2) is 41.9 Å². The fourth-order valence-electron chi connectivity index (χ4n) is 2.95. The minimum atomic E-state index is -0.765. The zero-order chi connectivity index (χ0) is 19.2. The zero-order valence-electron chi connectivity index (χ0n) is 15.7. The molecule has 1 aliphatic rings. The molecule has 1 fully saturated rings. The van der Waals surface area contributed by atoms with E-state index in [0.717, 1.165) is 11.8 Å². The molecule has 1 aromatic carbocycles. The lowest BCUT2D eigenvalue weighted by molar-refractivity contribution is -0.159. The summed E-state index contributed by atoms with van der Waals surface area (Å²) in [6.07, 6.45) is 1.34. The highest BCUT2D eigenvalue weighted by Gasteiger charge is 2.39. The molecule has 6 heteroatoms. The van der Waals surface area contributed by atoms with E-state index in [1.807, 2.05) is 30.3 Å². The van der Waals surface area contributed by atoms with E-state index in [2.05, 4.69) is 0 Å². The second kappa shape index (κ2) is 8.34. The van der Waals surface area contributed by atoms with Crippen LogP contribution in [-0.2, 0) is 25.7 Å². The predicted octanol–water partition coefficient (Wildman–Crippen LogP) is 3.34. The van der Waals surface area contributed by atoms with Gasteiger partial charge in [0.25, 0.3) is 0 Å². The van der Waals surface area contributed by atoms with Gasteiger partial charge in [-0.25, -0.2) is 4.79 Å². The van der Waals surface area contributed by atoms with Crippen molar-refractivity contribution in [2.75, 3.05) is 13.1 Å². The Morgan fingerprint density at radius 3 is 2.31 bits per heavy atom. The lowest BCUT2D eigenvalue weighted by Gasteiger charge is -2.37. The van der Waals surface area contributed by atoms with Crippen LogP contribution in [0.5, 0.6) is 0 Å². The number of amides is 1. The van der Waals surface area contributed by atoms with Crippen molar-refractivity contribution >= 4 is 18.3 Å². The van der Waals surface area contributed by atoms with Gasteiger partial charge < -0.3 is 19.2 Å². The molecule has 0 bridgehead atoms. The summed E-state index contributed by atoms with van der Waals surface area (Å²) >= 11 is 0. The van der Waals surface area contributed by atoms with Crippen molar-refractivity contribution in [2.45, 2.75) is 52.2 Å². The highest BCUT2D eigenvalue weighted by molar-refractivity contribution is 5.77. The average Bonchev–Trinajstić information content (AvgIpc) is 2.59. The highest BCUT2D eigenvalue weighted by atomic mass is 16.6. The molecule has 2 rings (SSSR count). The van der Waals surface area contributed by atoms with E-state index in [1.165, 1.54) is 0 Å². The van der Waals surface area contributed by atoms with Crippen LogP contribution in [0.25, 0.3) is 0 Å². The van der Waals surface area contributed by atoms with E-state index in [0.29, 0.717) is 25.9 Å². The van der Waals surface area contributed by atoms with Gasteiger partial charge in [-0.3, -0.25) is 4.79 Å². The molecule has 0 unspecified atom stereocenters. The van der Waals surface area contributed by atoms with Gasteiger partial charge in [0.05, 0.1) is 6.42 Å². The van der Waals surface area contributed by atoms with E-state index < -0.39 is 17.1 Å². The zero-order valence-corrected chi connectivity index (χ0v) is 15.7. The van der Waals surface area contributed by atoms with Crippen LogP contribution < -0.4 is 0 Å². The van der Waals surface area contributed by atoms with E-state index in [1.54, 1.807) is 25.7 Å². The number of piperidine rings is 1. The van der Waals surface area contributed by atoms with Gasteiger partial charge in [-0.15, -0.1) is 0 Å². The Labute approximate surface area is 154 Å². The number of ether oxygens (including phenoxy) is 2. The fraction of sp³-hybridized carbons (Fsp3) is 0.550. The predicted molar refractivity (Wildman–Crippen MR) is 96.4 cm³/mol.